The van der Waals surface area contributed by atoms with E-state index < -0.39 is 0 Å². The first-order valence-electron chi connectivity index (χ1n) is 11.1. The molecule has 172 valence electrons. The molecule has 7 nitrogen and oxygen atoms in total. The molecular weight excluding hydrogens is 436 g/mol. The van der Waals surface area contributed by atoms with Crippen LogP contribution in [0.4, 0.5) is 0 Å². The Hall–Kier alpha value is -2.97. The molecule has 0 aliphatic rings. The molecule has 0 amide bonds. The van der Waals surface area contributed by atoms with E-state index in [4.69, 9.17) is 14.1 Å². The highest BCUT2D eigenvalue weighted by Gasteiger charge is 2.20. The predicted octanol–water partition coefficient (Wildman–Crippen LogP) is 5.42. The van der Waals surface area contributed by atoms with Gasteiger partial charge < -0.3 is 9.15 Å². The van der Waals surface area contributed by atoms with Crippen LogP contribution >= 0.6 is 11.8 Å². The summed E-state index contributed by atoms with van der Waals surface area (Å²) in [5.41, 5.74) is 2.67. The smallest absolute Gasteiger partial charge is 0.262 e. The highest BCUT2D eigenvalue weighted by atomic mass is 32.2. The molecule has 0 bridgehead atoms. The number of benzene rings is 2. The monoisotopic (exact) mass is 464 g/mol. The van der Waals surface area contributed by atoms with E-state index in [1.165, 1.54) is 17.3 Å². The number of ether oxygens (including phenoxy) is 1. The third-order valence-corrected chi connectivity index (χ3v) is 6.25. The molecule has 4 rings (SSSR count). The number of nitrogens with zero attached hydrogens (tertiary/aromatic N) is 4. The van der Waals surface area contributed by atoms with E-state index in [1.54, 1.807) is 4.57 Å². The van der Waals surface area contributed by atoms with Crippen molar-refractivity contribution < 1.29 is 9.15 Å². The topological polar surface area (TPSA) is 83.0 Å². The van der Waals surface area contributed by atoms with Gasteiger partial charge in [-0.2, -0.15) is 0 Å². The first kappa shape index (κ1) is 23.2. The van der Waals surface area contributed by atoms with Crippen LogP contribution in [0, 0.1) is 6.92 Å². The molecule has 0 aliphatic heterocycles. The lowest BCUT2D eigenvalue weighted by Crippen LogP contribution is -2.24. The quantitative estimate of drug-likeness (QED) is 0.186. The minimum atomic E-state index is -0.178. The minimum Gasteiger partial charge on any atom is -0.419 e. The maximum absolute atomic E-state index is 13.2. The summed E-state index contributed by atoms with van der Waals surface area (Å²) in [5, 5.41) is 9.52. The number of aryl methyl sites for hydroxylation is 1. The van der Waals surface area contributed by atoms with Crippen LogP contribution in [0.15, 0.2) is 62.9 Å². The largest absolute Gasteiger partial charge is 0.419 e. The zero-order chi connectivity index (χ0) is 23.4. The number of hydrogen-bond acceptors (Lipinski definition) is 7. The van der Waals surface area contributed by atoms with Gasteiger partial charge >= 0.3 is 0 Å². The molecule has 0 saturated heterocycles. The molecule has 0 aliphatic carbocycles. The van der Waals surface area contributed by atoms with Crippen molar-refractivity contribution in [2.45, 2.75) is 57.2 Å². The molecule has 1 atom stereocenters. The van der Waals surface area contributed by atoms with Gasteiger partial charge in [-0.25, -0.2) is 4.98 Å². The van der Waals surface area contributed by atoms with E-state index in [2.05, 4.69) is 10.2 Å². The molecule has 0 radical (unpaired) electrons. The summed E-state index contributed by atoms with van der Waals surface area (Å²) in [6.45, 7) is 9.12. The van der Waals surface area contributed by atoms with E-state index >= 15 is 0 Å². The molecule has 2 aromatic heterocycles. The van der Waals surface area contributed by atoms with Gasteiger partial charge in [-0.15, -0.1) is 10.2 Å². The van der Waals surface area contributed by atoms with Gasteiger partial charge in [-0.3, -0.25) is 9.36 Å². The van der Waals surface area contributed by atoms with Crippen molar-refractivity contribution in [2.75, 3.05) is 6.61 Å². The van der Waals surface area contributed by atoms with Crippen LogP contribution < -0.4 is 5.56 Å². The van der Waals surface area contributed by atoms with Crippen molar-refractivity contribution in [3.8, 4) is 11.5 Å². The van der Waals surface area contributed by atoms with E-state index in [0.717, 1.165) is 12.0 Å². The lowest BCUT2D eigenvalue weighted by Gasteiger charge is -2.15. The second-order valence-electron chi connectivity index (χ2n) is 8.21. The Morgan fingerprint density at radius 2 is 1.82 bits per heavy atom. The van der Waals surface area contributed by atoms with Gasteiger partial charge in [0, 0.05) is 18.7 Å². The average Bonchev–Trinajstić information content (AvgIpc) is 3.29. The Kier molecular flexibility index (Phi) is 7.25. The zero-order valence-corrected chi connectivity index (χ0v) is 20.1. The summed E-state index contributed by atoms with van der Waals surface area (Å²) >= 11 is 1.44. The summed E-state index contributed by atoms with van der Waals surface area (Å²) in [7, 11) is 0. The van der Waals surface area contributed by atoms with Crippen LogP contribution in [-0.2, 0) is 11.3 Å². The fourth-order valence-corrected chi connectivity index (χ4v) is 4.36. The fourth-order valence-electron chi connectivity index (χ4n) is 3.40. The van der Waals surface area contributed by atoms with Gasteiger partial charge in [-0.05, 0) is 58.4 Å². The normalized spacial score (nSPS) is 12.5. The number of fused-ring (bicyclic) bond motifs is 1. The minimum absolute atomic E-state index is 0.0503. The van der Waals surface area contributed by atoms with E-state index in [-0.39, 0.29) is 16.9 Å². The lowest BCUT2D eigenvalue weighted by atomic mass is 10.1. The van der Waals surface area contributed by atoms with Crippen LogP contribution in [0.3, 0.4) is 0 Å². The second-order valence-corrected chi connectivity index (χ2v) is 9.52. The van der Waals surface area contributed by atoms with Crippen molar-refractivity contribution in [1.29, 1.82) is 0 Å². The summed E-state index contributed by atoms with van der Waals surface area (Å²) in [4.78, 5) is 18.0. The van der Waals surface area contributed by atoms with E-state index in [9.17, 15) is 4.79 Å². The first-order chi connectivity index (χ1) is 15.9. The molecule has 8 heteroatoms. The maximum atomic E-state index is 13.2. The van der Waals surface area contributed by atoms with Crippen LogP contribution in [0.5, 0.6) is 0 Å². The third-order valence-electron chi connectivity index (χ3n) is 5.17. The Morgan fingerprint density at radius 1 is 1.06 bits per heavy atom. The highest BCUT2D eigenvalue weighted by Crippen LogP contribution is 2.34. The van der Waals surface area contributed by atoms with Crippen molar-refractivity contribution in [2.24, 2.45) is 0 Å². The molecule has 2 aromatic carbocycles. The van der Waals surface area contributed by atoms with Crippen molar-refractivity contribution in [3.05, 3.63) is 70.3 Å². The van der Waals surface area contributed by atoms with Gasteiger partial charge in [0.1, 0.15) is 0 Å². The molecular formula is C25H28N4O3S. The van der Waals surface area contributed by atoms with Gasteiger partial charge in [0.25, 0.3) is 5.56 Å². The van der Waals surface area contributed by atoms with E-state index in [1.807, 2.05) is 76.2 Å². The van der Waals surface area contributed by atoms with Gasteiger partial charge in [0.15, 0.2) is 5.16 Å². The van der Waals surface area contributed by atoms with Crippen molar-refractivity contribution >= 4 is 22.7 Å². The molecule has 0 N–H and O–H groups in total. The molecule has 2 heterocycles. The molecule has 0 saturated carbocycles. The molecule has 1 unspecified atom stereocenters. The Bertz CT molecular complexity index is 1280. The van der Waals surface area contributed by atoms with Crippen LogP contribution in [-0.4, -0.2) is 32.5 Å². The predicted molar refractivity (Wildman–Crippen MR) is 130 cm³/mol. The number of hydrogen-bond donors (Lipinski definition) is 0. The summed E-state index contributed by atoms with van der Waals surface area (Å²) < 4.78 is 13.3. The standard InChI is InChI=1S/C25H28N4O3S/c1-16(2)31-15-7-14-29-24(30)20-8-5-6-9-21(20)26-25(29)33-18(4)22-27-28-23(32-22)19-12-10-17(3)11-13-19/h5-6,8-13,16,18H,7,14-15H2,1-4H3. The number of rotatable bonds is 9. The summed E-state index contributed by atoms with van der Waals surface area (Å²) in [5.74, 6) is 0.972. The molecule has 0 spiro atoms. The molecule has 0 fully saturated rings. The molecule has 4 aromatic rings. The fraction of sp³-hybridized carbons (Fsp3) is 0.360. The second kappa shape index (κ2) is 10.3. The zero-order valence-electron chi connectivity index (χ0n) is 19.3. The van der Waals surface area contributed by atoms with Crippen LogP contribution in [0.1, 0.15) is 43.9 Å². The maximum Gasteiger partial charge on any atom is 0.262 e. The van der Waals surface area contributed by atoms with Crippen molar-refractivity contribution in [3.63, 3.8) is 0 Å². The summed E-state index contributed by atoms with van der Waals surface area (Å²) in [6, 6.07) is 15.4. The van der Waals surface area contributed by atoms with Crippen LogP contribution in [0.25, 0.3) is 22.4 Å². The number of aromatic nitrogens is 4. The highest BCUT2D eigenvalue weighted by molar-refractivity contribution is 7.99. The number of para-hydroxylation sites is 1. The third kappa shape index (κ3) is 5.51. The summed E-state index contributed by atoms with van der Waals surface area (Å²) in [6.07, 6.45) is 0.878. The first-order valence-corrected chi connectivity index (χ1v) is 12.0. The Morgan fingerprint density at radius 3 is 2.58 bits per heavy atom. The number of thioether (sulfide) groups is 1. The Labute approximate surface area is 197 Å². The van der Waals surface area contributed by atoms with Crippen LogP contribution in [0.2, 0.25) is 0 Å². The SMILES string of the molecule is Cc1ccc(-c2nnc(C(C)Sc3nc4ccccc4c(=O)n3CCCOC(C)C)o2)cc1. The van der Waals surface area contributed by atoms with Gasteiger partial charge in [0.2, 0.25) is 11.8 Å². The van der Waals surface area contributed by atoms with Gasteiger partial charge in [-0.1, -0.05) is 41.6 Å². The molecule has 33 heavy (non-hydrogen) atoms. The average molecular weight is 465 g/mol. The lowest BCUT2D eigenvalue weighted by molar-refractivity contribution is 0.0743. The van der Waals surface area contributed by atoms with Gasteiger partial charge in [0.05, 0.1) is 22.3 Å². The Balaban J connectivity index is 1.59. The van der Waals surface area contributed by atoms with Crippen molar-refractivity contribution in [1.82, 2.24) is 19.7 Å². The van der Waals surface area contributed by atoms with E-state index in [0.29, 0.717) is 41.0 Å².